The second kappa shape index (κ2) is 6.26. The van der Waals surface area contributed by atoms with Gasteiger partial charge in [-0.2, -0.15) is 0 Å². The standard InChI is InChI=1S/C16H19ClN2O3/c1-18-9-12(8-15(18)20)16(21)19-6-7-22-14(10-19)11-2-4-13(17)5-3-11/h2-5,12,14H,6-10H2,1H3/t12-,14-/m0/s1. The molecule has 6 heteroatoms. The van der Waals surface area contributed by atoms with Gasteiger partial charge < -0.3 is 14.5 Å². The number of rotatable bonds is 2. The van der Waals surface area contributed by atoms with Crippen molar-refractivity contribution in [2.75, 3.05) is 33.3 Å². The third-order valence-corrected chi connectivity index (χ3v) is 4.56. The van der Waals surface area contributed by atoms with Crippen LogP contribution in [0.15, 0.2) is 24.3 Å². The Balaban J connectivity index is 1.66. The summed E-state index contributed by atoms with van der Waals surface area (Å²) in [6.07, 6.45) is 0.183. The fourth-order valence-corrected chi connectivity index (χ4v) is 3.14. The van der Waals surface area contributed by atoms with Gasteiger partial charge in [0.05, 0.1) is 19.1 Å². The molecular formula is C16H19ClN2O3. The molecule has 1 aromatic carbocycles. The van der Waals surface area contributed by atoms with E-state index in [0.717, 1.165) is 5.56 Å². The average molecular weight is 323 g/mol. The largest absolute Gasteiger partial charge is 0.370 e. The topological polar surface area (TPSA) is 49.9 Å². The highest BCUT2D eigenvalue weighted by Gasteiger charge is 2.36. The van der Waals surface area contributed by atoms with E-state index in [2.05, 4.69) is 0 Å². The molecule has 0 saturated carbocycles. The summed E-state index contributed by atoms with van der Waals surface area (Å²) in [5.41, 5.74) is 1.02. The monoisotopic (exact) mass is 322 g/mol. The lowest BCUT2D eigenvalue weighted by Gasteiger charge is -2.34. The number of carbonyl (C=O) groups is 2. The maximum atomic E-state index is 12.6. The van der Waals surface area contributed by atoms with E-state index in [1.165, 1.54) is 0 Å². The maximum absolute atomic E-state index is 12.6. The number of carbonyl (C=O) groups excluding carboxylic acids is 2. The van der Waals surface area contributed by atoms with Crippen LogP contribution in [0.1, 0.15) is 18.1 Å². The van der Waals surface area contributed by atoms with Crippen molar-refractivity contribution in [2.45, 2.75) is 12.5 Å². The Kier molecular flexibility index (Phi) is 4.36. The van der Waals surface area contributed by atoms with Crippen LogP contribution in [0.25, 0.3) is 0 Å². The smallest absolute Gasteiger partial charge is 0.228 e. The van der Waals surface area contributed by atoms with Crippen LogP contribution in [0.5, 0.6) is 0 Å². The Bertz CT molecular complexity index is 575. The predicted octanol–water partition coefficient (Wildman–Crippen LogP) is 1.72. The van der Waals surface area contributed by atoms with Gasteiger partial charge in [-0.1, -0.05) is 23.7 Å². The van der Waals surface area contributed by atoms with Gasteiger partial charge in [-0.3, -0.25) is 9.59 Å². The molecule has 3 rings (SSSR count). The molecule has 1 aromatic rings. The summed E-state index contributed by atoms with van der Waals surface area (Å²) in [5.74, 6) is -0.123. The molecule has 2 atom stereocenters. The number of hydrogen-bond donors (Lipinski definition) is 0. The second-order valence-electron chi connectivity index (χ2n) is 5.87. The van der Waals surface area contributed by atoms with Crippen LogP contribution in [-0.2, 0) is 14.3 Å². The summed E-state index contributed by atoms with van der Waals surface area (Å²) in [6.45, 7) is 2.13. The molecule has 0 aliphatic carbocycles. The van der Waals surface area contributed by atoms with E-state index in [1.54, 1.807) is 11.9 Å². The van der Waals surface area contributed by atoms with E-state index in [4.69, 9.17) is 16.3 Å². The van der Waals surface area contributed by atoms with Gasteiger partial charge in [0.1, 0.15) is 6.10 Å². The van der Waals surface area contributed by atoms with Crippen molar-refractivity contribution in [3.63, 3.8) is 0 Å². The van der Waals surface area contributed by atoms with Crippen LogP contribution in [0, 0.1) is 5.92 Å². The normalized spacial score (nSPS) is 25.6. The predicted molar refractivity (Wildman–Crippen MR) is 82.5 cm³/mol. The summed E-state index contributed by atoms with van der Waals surface area (Å²) in [7, 11) is 1.74. The molecule has 0 aromatic heterocycles. The van der Waals surface area contributed by atoms with Crippen LogP contribution in [0.2, 0.25) is 5.02 Å². The fraction of sp³-hybridized carbons (Fsp3) is 0.500. The fourth-order valence-electron chi connectivity index (χ4n) is 3.02. The van der Waals surface area contributed by atoms with Gasteiger partial charge in [-0.25, -0.2) is 0 Å². The summed E-state index contributed by atoms with van der Waals surface area (Å²) in [5, 5.41) is 0.681. The van der Waals surface area contributed by atoms with Gasteiger partial charge in [0.25, 0.3) is 0 Å². The van der Waals surface area contributed by atoms with Crippen molar-refractivity contribution in [3.05, 3.63) is 34.9 Å². The van der Waals surface area contributed by atoms with E-state index in [1.807, 2.05) is 29.2 Å². The third-order valence-electron chi connectivity index (χ3n) is 4.31. The lowest BCUT2D eigenvalue weighted by molar-refractivity contribution is -0.143. The van der Waals surface area contributed by atoms with E-state index >= 15 is 0 Å². The summed E-state index contributed by atoms with van der Waals surface area (Å²) in [4.78, 5) is 27.6. The molecule has 0 bridgehead atoms. The van der Waals surface area contributed by atoms with E-state index in [0.29, 0.717) is 37.7 Å². The molecule has 2 aliphatic rings. The zero-order valence-corrected chi connectivity index (χ0v) is 13.3. The zero-order valence-electron chi connectivity index (χ0n) is 12.5. The van der Waals surface area contributed by atoms with Gasteiger partial charge in [0.2, 0.25) is 11.8 Å². The lowest BCUT2D eigenvalue weighted by atomic mass is 10.0. The Morgan fingerprint density at radius 1 is 1.27 bits per heavy atom. The van der Waals surface area contributed by atoms with Crippen LogP contribution in [0.3, 0.4) is 0 Å². The summed E-state index contributed by atoms with van der Waals surface area (Å²) in [6, 6.07) is 7.50. The SMILES string of the molecule is CN1C[C@@H](C(=O)N2CCO[C@H](c3ccc(Cl)cc3)C2)CC1=O. The number of benzene rings is 1. The molecule has 0 N–H and O–H groups in total. The molecule has 2 heterocycles. The van der Waals surface area contributed by atoms with Gasteiger partial charge in [-0.05, 0) is 17.7 Å². The van der Waals surface area contributed by atoms with Crippen molar-refractivity contribution in [1.82, 2.24) is 9.80 Å². The zero-order chi connectivity index (χ0) is 15.7. The number of likely N-dealkylation sites (tertiary alicyclic amines) is 1. The first-order valence-corrected chi connectivity index (χ1v) is 7.82. The van der Waals surface area contributed by atoms with E-state index in [9.17, 15) is 9.59 Å². The third kappa shape index (κ3) is 3.10. The molecule has 118 valence electrons. The van der Waals surface area contributed by atoms with Crippen molar-refractivity contribution in [2.24, 2.45) is 5.92 Å². The Morgan fingerprint density at radius 3 is 2.64 bits per heavy atom. The van der Waals surface area contributed by atoms with Crippen LogP contribution < -0.4 is 0 Å². The van der Waals surface area contributed by atoms with E-state index in [-0.39, 0.29) is 23.8 Å². The Hall–Kier alpha value is -1.59. The number of hydrogen-bond acceptors (Lipinski definition) is 3. The molecule has 22 heavy (non-hydrogen) atoms. The van der Waals surface area contributed by atoms with Gasteiger partial charge in [0.15, 0.2) is 0 Å². The first kappa shape index (κ1) is 15.3. The molecule has 0 radical (unpaired) electrons. The number of amides is 2. The molecule has 2 saturated heterocycles. The molecule has 2 aliphatic heterocycles. The quantitative estimate of drug-likeness (QED) is 0.833. The summed E-state index contributed by atoms with van der Waals surface area (Å²) >= 11 is 5.90. The van der Waals surface area contributed by atoms with Gasteiger partial charge in [-0.15, -0.1) is 0 Å². The number of halogens is 1. The van der Waals surface area contributed by atoms with E-state index < -0.39 is 0 Å². The highest BCUT2D eigenvalue weighted by atomic mass is 35.5. The minimum absolute atomic E-state index is 0.0425. The van der Waals surface area contributed by atoms with Crippen LogP contribution in [-0.4, -0.2) is 54.9 Å². The van der Waals surface area contributed by atoms with Crippen molar-refractivity contribution < 1.29 is 14.3 Å². The Morgan fingerprint density at radius 2 is 2.00 bits per heavy atom. The molecular weight excluding hydrogens is 304 g/mol. The Labute approximate surface area is 134 Å². The van der Waals surface area contributed by atoms with Crippen LogP contribution >= 0.6 is 11.6 Å². The average Bonchev–Trinajstić information content (AvgIpc) is 2.87. The molecule has 2 fully saturated rings. The van der Waals surface area contributed by atoms with Crippen molar-refractivity contribution in [1.29, 1.82) is 0 Å². The lowest BCUT2D eigenvalue weighted by Crippen LogP contribution is -2.45. The highest BCUT2D eigenvalue weighted by Crippen LogP contribution is 2.26. The van der Waals surface area contributed by atoms with Crippen LogP contribution in [0.4, 0.5) is 0 Å². The number of ether oxygens (including phenoxy) is 1. The minimum Gasteiger partial charge on any atom is -0.370 e. The van der Waals surface area contributed by atoms with Crippen molar-refractivity contribution >= 4 is 23.4 Å². The van der Waals surface area contributed by atoms with Gasteiger partial charge in [0, 0.05) is 31.6 Å². The first-order valence-electron chi connectivity index (χ1n) is 7.44. The molecule has 2 amide bonds. The number of nitrogens with zero attached hydrogens (tertiary/aromatic N) is 2. The first-order chi connectivity index (χ1) is 10.5. The highest BCUT2D eigenvalue weighted by molar-refractivity contribution is 6.30. The second-order valence-corrected chi connectivity index (χ2v) is 6.31. The summed E-state index contributed by atoms with van der Waals surface area (Å²) < 4.78 is 5.77. The number of morpholine rings is 1. The van der Waals surface area contributed by atoms with Gasteiger partial charge >= 0.3 is 0 Å². The molecule has 5 nitrogen and oxygen atoms in total. The minimum atomic E-state index is -0.221. The molecule has 0 unspecified atom stereocenters. The maximum Gasteiger partial charge on any atom is 0.228 e. The molecule has 0 spiro atoms. The van der Waals surface area contributed by atoms with Crippen molar-refractivity contribution in [3.8, 4) is 0 Å².